The number of carboxylic acid groups (broad SMARTS) is 1. The maximum absolute atomic E-state index is 10.1. The molecular weight excluding hydrogens is 228 g/mol. The van der Waals surface area contributed by atoms with Crippen LogP contribution in [0, 0.1) is 0 Å². The summed E-state index contributed by atoms with van der Waals surface area (Å²) in [5.41, 5.74) is 0. The molecule has 0 heterocycles. The van der Waals surface area contributed by atoms with E-state index in [1.54, 1.807) is 0 Å². The number of carbonyl (C=O) groups is 1. The fraction of sp³-hybridized carbons (Fsp3) is 0.909. The summed E-state index contributed by atoms with van der Waals surface area (Å²) in [6.07, 6.45) is 0.283. The van der Waals surface area contributed by atoms with Crippen molar-refractivity contribution in [2.75, 3.05) is 39.6 Å². The molecule has 0 aromatic heterocycles. The Morgan fingerprint density at radius 1 is 1.06 bits per heavy atom. The number of aliphatic hydroxyl groups is 1. The van der Waals surface area contributed by atoms with Crippen LogP contribution in [0.15, 0.2) is 0 Å². The fourth-order valence-electron chi connectivity index (χ4n) is 0.937. The average Bonchev–Trinajstić information content (AvgIpc) is 2.30. The molecule has 0 spiro atoms. The Balaban J connectivity index is 3.01. The minimum Gasteiger partial charge on any atom is -0.481 e. The Morgan fingerprint density at radius 3 is 2.12 bits per heavy atom. The molecule has 0 saturated heterocycles. The first-order valence-corrected chi connectivity index (χ1v) is 5.80. The van der Waals surface area contributed by atoms with E-state index in [1.807, 2.05) is 6.92 Å². The predicted octanol–water partition coefficient (Wildman–Crippen LogP) is 0.282. The van der Waals surface area contributed by atoms with Crippen molar-refractivity contribution in [1.29, 1.82) is 0 Å². The van der Waals surface area contributed by atoms with E-state index >= 15 is 0 Å². The van der Waals surface area contributed by atoms with E-state index in [-0.39, 0.29) is 13.0 Å². The second kappa shape index (κ2) is 11.8. The summed E-state index contributed by atoms with van der Waals surface area (Å²) < 4.78 is 15.3. The molecule has 0 aromatic carbocycles. The lowest BCUT2D eigenvalue weighted by molar-refractivity contribution is -0.138. The Kier molecular flexibility index (Phi) is 11.3. The van der Waals surface area contributed by atoms with Gasteiger partial charge in [0.2, 0.25) is 0 Å². The molecule has 0 saturated carbocycles. The van der Waals surface area contributed by atoms with Gasteiger partial charge in [-0.2, -0.15) is 0 Å². The summed E-state index contributed by atoms with van der Waals surface area (Å²) in [6.45, 7) is 4.10. The summed E-state index contributed by atoms with van der Waals surface area (Å²) in [4.78, 5) is 10.1. The molecular formula is C11H22O6. The number of hydrogen-bond acceptors (Lipinski definition) is 5. The van der Waals surface area contributed by atoms with Gasteiger partial charge in [-0.3, -0.25) is 4.79 Å². The Morgan fingerprint density at radius 2 is 1.59 bits per heavy atom. The lowest BCUT2D eigenvalue weighted by Crippen LogP contribution is -2.17. The van der Waals surface area contributed by atoms with Crippen LogP contribution in [-0.4, -0.2) is 61.9 Å². The molecule has 0 aromatic rings. The van der Waals surface area contributed by atoms with Gasteiger partial charge in [0.05, 0.1) is 52.2 Å². The summed E-state index contributed by atoms with van der Waals surface area (Å²) in [7, 11) is 0. The van der Waals surface area contributed by atoms with Gasteiger partial charge in [0.1, 0.15) is 0 Å². The van der Waals surface area contributed by atoms with Crippen LogP contribution in [0.3, 0.4) is 0 Å². The van der Waals surface area contributed by atoms with Gasteiger partial charge in [-0.15, -0.1) is 0 Å². The fourth-order valence-corrected chi connectivity index (χ4v) is 0.937. The lowest BCUT2D eigenvalue weighted by Gasteiger charge is -2.09. The van der Waals surface area contributed by atoms with Gasteiger partial charge in [-0.25, -0.2) is 0 Å². The van der Waals surface area contributed by atoms with Crippen molar-refractivity contribution in [2.45, 2.75) is 25.9 Å². The summed E-state index contributed by atoms with van der Waals surface area (Å²) in [6, 6.07) is 0. The summed E-state index contributed by atoms with van der Waals surface area (Å²) in [5, 5.41) is 17.5. The highest BCUT2D eigenvalue weighted by atomic mass is 16.5. The van der Waals surface area contributed by atoms with Gasteiger partial charge < -0.3 is 24.4 Å². The Hall–Kier alpha value is -0.690. The molecule has 0 radical (unpaired) electrons. The van der Waals surface area contributed by atoms with Crippen molar-refractivity contribution in [3.63, 3.8) is 0 Å². The third-order valence-corrected chi connectivity index (χ3v) is 1.99. The molecule has 0 rings (SSSR count). The zero-order valence-corrected chi connectivity index (χ0v) is 10.3. The molecule has 0 aliphatic carbocycles. The van der Waals surface area contributed by atoms with Gasteiger partial charge in [-0.05, 0) is 6.42 Å². The normalized spacial score (nSPS) is 12.6. The number of carboxylic acids is 1. The summed E-state index contributed by atoms with van der Waals surface area (Å²) >= 11 is 0. The quantitative estimate of drug-likeness (QED) is 0.484. The third-order valence-electron chi connectivity index (χ3n) is 1.99. The van der Waals surface area contributed by atoms with E-state index in [2.05, 4.69) is 0 Å². The molecule has 1 atom stereocenters. The van der Waals surface area contributed by atoms with Crippen molar-refractivity contribution in [2.24, 2.45) is 0 Å². The van der Waals surface area contributed by atoms with Crippen molar-refractivity contribution in [3.05, 3.63) is 0 Å². The molecule has 0 fully saturated rings. The maximum Gasteiger partial charge on any atom is 0.305 e. The zero-order chi connectivity index (χ0) is 12.9. The van der Waals surface area contributed by atoms with Crippen molar-refractivity contribution < 1.29 is 29.2 Å². The topological polar surface area (TPSA) is 85.2 Å². The van der Waals surface area contributed by atoms with Gasteiger partial charge >= 0.3 is 5.97 Å². The highest BCUT2D eigenvalue weighted by molar-refractivity contribution is 5.66. The van der Waals surface area contributed by atoms with Crippen LogP contribution in [0.5, 0.6) is 0 Å². The summed E-state index contributed by atoms with van der Waals surface area (Å²) in [5.74, 6) is -0.867. The van der Waals surface area contributed by atoms with Crippen LogP contribution >= 0.6 is 0 Å². The van der Waals surface area contributed by atoms with E-state index in [9.17, 15) is 4.79 Å². The maximum atomic E-state index is 10.1. The second-order valence-electron chi connectivity index (χ2n) is 3.51. The monoisotopic (exact) mass is 250 g/mol. The van der Waals surface area contributed by atoms with Crippen molar-refractivity contribution >= 4 is 5.97 Å². The Bertz CT molecular complexity index is 185. The highest BCUT2D eigenvalue weighted by Gasteiger charge is 1.99. The minimum atomic E-state index is -0.867. The number of aliphatic carboxylic acids is 1. The molecule has 2 N–H and O–H groups in total. The molecule has 0 aliphatic rings. The SMILES string of the molecule is CCC(O)COCCOCCOCCC(=O)O. The van der Waals surface area contributed by atoms with E-state index in [0.29, 0.717) is 39.5 Å². The van der Waals surface area contributed by atoms with E-state index in [0.717, 1.165) is 0 Å². The molecule has 6 nitrogen and oxygen atoms in total. The van der Waals surface area contributed by atoms with Crippen LogP contribution in [-0.2, 0) is 19.0 Å². The number of aliphatic hydroxyl groups excluding tert-OH is 1. The van der Waals surface area contributed by atoms with Gasteiger partial charge in [0.15, 0.2) is 0 Å². The molecule has 6 heteroatoms. The van der Waals surface area contributed by atoms with Crippen molar-refractivity contribution in [3.8, 4) is 0 Å². The largest absolute Gasteiger partial charge is 0.481 e. The van der Waals surface area contributed by atoms with Crippen LogP contribution in [0.1, 0.15) is 19.8 Å². The van der Waals surface area contributed by atoms with Crippen LogP contribution in [0.4, 0.5) is 0 Å². The standard InChI is InChI=1S/C11H22O6/c1-2-10(12)9-17-8-7-16-6-5-15-4-3-11(13)14/h10,12H,2-9H2,1H3,(H,13,14). The van der Waals surface area contributed by atoms with Gasteiger partial charge in [0, 0.05) is 0 Å². The predicted molar refractivity (Wildman–Crippen MR) is 61.0 cm³/mol. The molecule has 102 valence electrons. The van der Waals surface area contributed by atoms with Crippen molar-refractivity contribution in [1.82, 2.24) is 0 Å². The molecule has 17 heavy (non-hydrogen) atoms. The van der Waals surface area contributed by atoms with Crippen LogP contribution < -0.4 is 0 Å². The Labute approximate surface area is 101 Å². The minimum absolute atomic E-state index is 0.0119. The molecule has 0 aliphatic heterocycles. The number of rotatable bonds is 12. The molecule has 0 amide bonds. The van der Waals surface area contributed by atoms with Crippen LogP contribution in [0.25, 0.3) is 0 Å². The smallest absolute Gasteiger partial charge is 0.305 e. The molecule has 0 bridgehead atoms. The lowest BCUT2D eigenvalue weighted by atomic mass is 10.3. The first-order chi connectivity index (χ1) is 8.16. The van der Waals surface area contributed by atoms with E-state index in [1.165, 1.54) is 0 Å². The van der Waals surface area contributed by atoms with Gasteiger partial charge in [-0.1, -0.05) is 6.92 Å². The van der Waals surface area contributed by atoms with E-state index < -0.39 is 12.1 Å². The van der Waals surface area contributed by atoms with E-state index in [4.69, 9.17) is 24.4 Å². The second-order valence-corrected chi connectivity index (χ2v) is 3.51. The molecule has 1 unspecified atom stereocenters. The first-order valence-electron chi connectivity index (χ1n) is 5.80. The zero-order valence-electron chi connectivity index (χ0n) is 10.3. The number of hydrogen-bond donors (Lipinski definition) is 2. The average molecular weight is 250 g/mol. The van der Waals surface area contributed by atoms with Gasteiger partial charge in [0.25, 0.3) is 0 Å². The van der Waals surface area contributed by atoms with Crippen LogP contribution in [0.2, 0.25) is 0 Å². The third kappa shape index (κ3) is 13.2. The number of ether oxygens (including phenoxy) is 3. The highest BCUT2D eigenvalue weighted by Crippen LogP contribution is 1.90. The first kappa shape index (κ1) is 16.3.